The Balaban J connectivity index is 2.00. The van der Waals surface area contributed by atoms with Gasteiger partial charge in [0, 0.05) is 16.8 Å². The van der Waals surface area contributed by atoms with Gasteiger partial charge in [-0.15, -0.1) is 0 Å². The van der Waals surface area contributed by atoms with Crippen LogP contribution in [0.2, 0.25) is 10.0 Å². The van der Waals surface area contributed by atoms with Crippen molar-refractivity contribution >= 4 is 46.3 Å². The smallest absolute Gasteiger partial charge is 0.228 e. The summed E-state index contributed by atoms with van der Waals surface area (Å²) in [5.41, 5.74) is 8.36. The zero-order valence-electron chi connectivity index (χ0n) is 10.7. The van der Waals surface area contributed by atoms with Crippen LogP contribution in [0.4, 0.5) is 11.4 Å². The molecule has 0 atom stereocenters. The molecule has 4 nitrogen and oxygen atoms in total. The summed E-state index contributed by atoms with van der Waals surface area (Å²) in [5.74, 6) is -0.296. The number of hydrogen-bond acceptors (Lipinski definition) is 3. The van der Waals surface area contributed by atoms with Crippen LogP contribution in [0.3, 0.4) is 0 Å². The van der Waals surface area contributed by atoms with E-state index in [0.29, 0.717) is 11.1 Å². The highest BCUT2D eigenvalue weighted by atomic mass is 35.5. The van der Waals surface area contributed by atoms with Crippen LogP contribution in [-0.2, 0) is 11.2 Å². The maximum Gasteiger partial charge on any atom is 0.228 e. The average molecular weight is 321 g/mol. The van der Waals surface area contributed by atoms with Crippen LogP contribution in [0.15, 0.2) is 30.3 Å². The highest BCUT2D eigenvalue weighted by molar-refractivity contribution is 6.44. The predicted octanol–water partition coefficient (Wildman–Crippen LogP) is 3.30. The van der Waals surface area contributed by atoms with E-state index in [1.54, 1.807) is 18.2 Å². The number of fused-ring (bicyclic) bond motifs is 1. The van der Waals surface area contributed by atoms with Gasteiger partial charge >= 0.3 is 0 Å². The number of halogens is 2. The first-order valence-corrected chi connectivity index (χ1v) is 6.93. The van der Waals surface area contributed by atoms with Crippen molar-refractivity contribution in [3.05, 3.63) is 57.1 Å². The summed E-state index contributed by atoms with van der Waals surface area (Å²) in [6.07, 6.45) is 0.278. The van der Waals surface area contributed by atoms with Crippen LogP contribution in [0.5, 0.6) is 0 Å². The summed E-state index contributed by atoms with van der Waals surface area (Å²) >= 11 is 11.8. The summed E-state index contributed by atoms with van der Waals surface area (Å²) < 4.78 is 0. The average Bonchev–Trinajstić information content (AvgIpc) is 2.82. The number of ketones is 1. The molecular formula is C15H10Cl2N2O2. The van der Waals surface area contributed by atoms with Crippen molar-refractivity contribution in [2.75, 3.05) is 11.1 Å². The molecule has 3 rings (SSSR count). The number of nitrogen functional groups attached to an aromatic ring is 1. The molecule has 1 aliphatic heterocycles. The Morgan fingerprint density at radius 2 is 1.90 bits per heavy atom. The van der Waals surface area contributed by atoms with E-state index < -0.39 is 0 Å². The lowest BCUT2D eigenvalue weighted by atomic mass is 10.00. The van der Waals surface area contributed by atoms with E-state index in [2.05, 4.69) is 5.32 Å². The van der Waals surface area contributed by atoms with Crippen molar-refractivity contribution in [2.45, 2.75) is 6.42 Å². The highest BCUT2D eigenvalue weighted by Gasteiger charge is 2.20. The molecule has 2 aromatic carbocycles. The van der Waals surface area contributed by atoms with Crippen LogP contribution in [0, 0.1) is 0 Å². The standard InChI is InChI=1S/C15H10Cl2N2O2/c16-10-4-9(5-11(18)14(10)17)15(21)7-1-2-12-8(3-7)6-13(20)19-12/h1-5H,6,18H2,(H,19,20). The van der Waals surface area contributed by atoms with Gasteiger partial charge in [-0.25, -0.2) is 0 Å². The summed E-state index contributed by atoms with van der Waals surface area (Å²) in [6.45, 7) is 0. The number of nitrogens with one attached hydrogen (secondary N) is 1. The van der Waals surface area contributed by atoms with E-state index in [9.17, 15) is 9.59 Å². The number of hydrogen-bond donors (Lipinski definition) is 2. The maximum atomic E-state index is 12.5. The Bertz CT molecular complexity index is 764. The third kappa shape index (κ3) is 2.48. The number of nitrogens with two attached hydrogens (primary N) is 1. The van der Waals surface area contributed by atoms with Crippen molar-refractivity contribution < 1.29 is 9.59 Å². The fourth-order valence-corrected chi connectivity index (χ4v) is 2.61. The number of amides is 1. The second-order valence-electron chi connectivity index (χ2n) is 4.79. The van der Waals surface area contributed by atoms with Gasteiger partial charge in [-0.1, -0.05) is 23.2 Å². The maximum absolute atomic E-state index is 12.5. The molecule has 106 valence electrons. The van der Waals surface area contributed by atoms with E-state index >= 15 is 0 Å². The van der Waals surface area contributed by atoms with Crippen LogP contribution in [0.1, 0.15) is 21.5 Å². The second kappa shape index (κ2) is 5.06. The summed E-state index contributed by atoms with van der Waals surface area (Å²) in [4.78, 5) is 23.8. The Hall–Kier alpha value is -2.04. The van der Waals surface area contributed by atoms with E-state index in [-0.39, 0.29) is 33.8 Å². The summed E-state index contributed by atoms with van der Waals surface area (Å²) in [6, 6.07) is 8.06. The van der Waals surface area contributed by atoms with E-state index in [1.807, 2.05) is 0 Å². The molecule has 0 saturated heterocycles. The van der Waals surface area contributed by atoms with Gasteiger partial charge in [-0.05, 0) is 35.9 Å². The minimum atomic E-state index is -0.220. The number of rotatable bonds is 2. The molecule has 2 aromatic rings. The largest absolute Gasteiger partial charge is 0.397 e. The first-order valence-electron chi connectivity index (χ1n) is 6.17. The van der Waals surface area contributed by atoms with Crippen LogP contribution >= 0.6 is 23.2 Å². The molecule has 21 heavy (non-hydrogen) atoms. The van der Waals surface area contributed by atoms with Crippen molar-refractivity contribution in [1.29, 1.82) is 0 Å². The molecule has 0 aliphatic carbocycles. The fourth-order valence-electron chi connectivity index (χ4n) is 2.28. The quantitative estimate of drug-likeness (QED) is 0.658. The molecular weight excluding hydrogens is 311 g/mol. The monoisotopic (exact) mass is 320 g/mol. The van der Waals surface area contributed by atoms with Gasteiger partial charge in [0.1, 0.15) is 0 Å². The van der Waals surface area contributed by atoms with Gasteiger partial charge < -0.3 is 11.1 Å². The second-order valence-corrected chi connectivity index (χ2v) is 5.57. The Morgan fingerprint density at radius 1 is 1.14 bits per heavy atom. The van der Waals surface area contributed by atoms with Crippen molar-refractivity contribution in [1.82, 2.24) is 0 Å². The first-order chi connectivity index (χ1) is 9.95. The van der Waals surface area contributed by atoms with Crippen molar-refractivity contribution in [3.63, 3.8) is 0 Å². The highest BCUT2D eigenvalue weighted by Crippen LogP contribution is 2.31. The predicted molar refractivity (Wildman–Crippen MR) is 83.1 cm³/mol. The van der Waals surface area contributed by atoms with Gasteiger partial charge in [0.25, 0.3) is 0 Å². The normalized spacial score (nSPS) is 13.0. The number of benzene rings is 2. The SMILES string of the molecule is Nc1cc(C(=O)c2ccc3c(c2)CC(=O)N3)cc(Cl)c1Cl. The van der Waals surface area contributed by atoms with Crippen molar-refractivity contribution in [3.8, 4) is 0 Å². The number of carbonyl (C=O) groups is 2. The first kappa shape index (κ1) is 13.9. The van der Waals surface area contributed by atoms with Crippen molar-refractivity contribution in [2.24, 2.45) is 0 Å². The molecule has 0 fully saturated rings. The van der Waals surface area contributed by atoms with Gasteiger partial charge in [0.15, 0.2) is 5.78 Å². The third-order valence-electron chi connectivity index (χ3n) is 3.31. The minimum Gasteiger partial charge on any atom is -0.397 e. The van der Waals surface area contributed by atoms with Crippen LogP contribution in [0.25, 0.3) is 0 Å². The van der Waals surface area contributed by atoms with Crippen LogP contribution < -0.4 is 11.1 Å². The Labute approximate surface area is 130 Å². The molecule has 0 unspecified atom stereocenters. The lowest BCUT2D eigenvalue weighted by molar-refractivity contribution is -0.115. The molecule has 0 radical (unpaired) electrons. The number of anilines is 2. The molecule has 0 saturated carbocycles. The lowest BCUT2D eigenvalue weighted by Crippen LogP contribution is -2.03. The zero-order valence-corrected chi connectivity index (χ0v) is 12.3. The van der Waals surface area contributed by atoms with Gasteiger partial charge in [-0.2, -0.15) is 0 Å². The van der Waals surface area contributed by atoms with E-state index in [4.69, 9.17) is 28.9 Å². The molecule has 1 amide bonds. The molecule has 6 heteroatoms. The molecule has 0 aromatic heterocycles. The fraction of sp³-hybridized carbons (Fsp3) is 0.0667. The molecule has 1 aliphatic rings. The topological polar surface area (TPSA) is 72.2 Å². The Morgan fingerprint density at radius 3 is 2.62 bits per heavy atom. The van der Waals surface area contributed by atoms with Gasteiger partial charge in [-0.3, -0.25) is 9.59 Å². The van der Waals surface area contributed by atoms with Crippen LogP contribution in [-0.4, -0.2) is 11.7 Å². The molecule has 0 bridgehead atoms. The Kier molecular flexibility index (Phi) is 3.35. The van der Waals surface area contributed by atoms with Gasteiger partial charge in [0.05, 0.1) is 22.2 Å². The summed E-state index contributed by atoms with van der Waals surface area (Å²) in [7, 11) is 0. The molecule has 3 N–H and O–H groups in total. The molecule has 0 spiro atoms. The zero-order chi connectivity index (χ0) is 15.1. The molecule has 1 heterocycles. The lowest BCUT2D eigenvalue weighted by Gasteiger charge is -2.07. The summed E-state index contributed by atoms with van der Waals surface area (Å²) in [5, 5.41) is 3.19. The van der Waals surface area contributed by atoms with E-state index in [0.717, 1.165) is 11.3 Å². The minimum absolute atomic E-state index is 0.0756. The number of carbonyl (C=O) groups excluding carboxylic acids is 2. The van der Waals surface area contributed by atoms with Gasteiger partial charge in [0.2, 0.25) is 5.91 Å². The third-order valence-corrected chi connectivity index (χ3v) is 4.13. The van der Waals surface area contributed by atoms with E-state index in [1.165, 1.54) is 12.1 Å².